The van der Waals surface area contributed by atoms with E-state index in [1.165, 1.54) is 30.2 Å². The van der Waals surface area contributed by atoms with Gasteiger partial charge in [0, 0.05) is 17.6 Å². The SMILES string of the molecule is CC[C@@H](C)NC(=O)[C@H](C)N(Cc1ccc(C)cc1)C(=O)CN(c1cc(Cl)ccc1OC)S(=O)(=O)c1ccccc1. The Hall–Kier alpha value is -3.56. The van der Waals surface area contributed by atoms with Gasteiger partial charge in [0.1, 0.15) is 18.3 Å². The molecule has 40 heavy (non-hydrogen) atoms. The van der Waals surface area contributed by atoms with Gasteiger partial charge in [0.25, 0.3) is 10.0 Å². The number of anilines is 1. The molecule has 0 unspecified atom stereocenters. The largest absolute Gasteiger partial charge is 0.495 e. The summed E-state index contributed by atoms with van der Waals surface area (Å²) in [5.74, 6) is -0.661. The Labute approximate surface area is 241 Å². The molecule has 3 aromatic rings. The molecule has 0 aliphatic carbocycles. The normalized spacial score (nSPS) is 12.8. The molecular formula is C30H36ClN3O5S. The van der Waals surface area contributed by atoms with Crippen LogP contribution in [0, 0.1) is 6.92 Å². The fourth-order valence-corrected chi connectivity index (χ4v) is 5.63. The van der Waals surface area contributed by atoms with Crippen LogP contribution in [0.15, 0.2) is 77.7 Å². The van der Waals surface area contributed by atoms with Gasteiger partial charge in [0.2, 0.25) is 11.8 Å². The minimum Gasteiger partial charge on any atom is -0.495 e. The molecule has 8 nitrogen and oxygen atoms in total. The number of carbonyl (C=O) groups is 2. The van der Waals surface area contributed by atoms with Crippen LogP contribution in [-0.4, -0.2) is 50.9 Å². The van der Waals surface area contributed by atoms with Gasteiger partial charge in [-0.2, -0.15) is 0 Å². The molecule has 3 rings (SSSR count). The Kier molecular flexibility index (Phi) is 10.6. The maximum atomic E-state index is 14.0. The first-order chi connectivity index (χ1) is 19.0. The molecule has 0 saturated carbocycles. The van der Waals surface area contributed by atoms with Crippen molar-refractivity contribution in [3.63, 3.8) is 0 Å². The Morgan fingerprint density at radius 1 is 1.00 bits per heavy atom. The van der Waals surface area contributed by atoms with Gasteiger partial charge in [-0.3, -0.25) is 13.9 Å². The third kappa shape index (κ3) is 7.55. The Balaban J connectivity index is 2.08. The van der Waals surface area contributed by atoms with E-state index in [4.69, 9.17) is 16.3 Å². The van der Waals surface area contributed by atoms with E-state index in [2.05, 4.69) is 5.32 Å². The lowest BCUT2D eigenvalue weighted by Crippen LogP contribution is -2.52. The number of sulfonamides is 1. The molecule has 0 bridgehead atoms. The van der Waals surface area contributed by atoms with Gasteiger partial charge < -0.3 is 15.0 Å². The smallest absolute Gasteiger partial charge is 0.264 e. The molecule has 2 amide bonds. The zero-order valence-electron chi connectivity index (χ0n) is 23.4. The van der Waals surface area contributed by atoms with Crippen molar-refractivity contribution in [3.05, 3.63) is 88.9 Å². The number of carbonyl (C=O) groups excluding carboxylic acids is 2. The number of aryl methyl sites for hydroxylation is 1. The summed E-state index contributed by atoms with van der Waals surface area (Å²) in [6.45, 7) is 6.96. The topological polar surface area (TPSA) is 96.0 Å². The first kappa shape index (κ1) is 31.0. The van der Waals surface area contributed by atoms with Crippen LogP contribution in [0.3, 0.4) is 0 Å². The van der Waals surface area contributed by atoms with E-state index < -0.39 is 28.5 Å². The Bertz CT molecular complexity index is 1420. The standard InChI is InChI=1S/C30H36ClN3O5S/c1-6-22(3)32-30(36)23(4)33(19-24-14-12-21(2)13-15-24)29(35)20-34(27-18-25(31)16-17-28(27)39-5)40(37,38)26-10-8-7-9-11-26/h7-18,22-23H,6,19-20H2,1-5H3,(H,32,36)/t22-,23+/m1/s1. The van der Waals surface area contributed by atoms with Crippen LogP contribution in [-0.2, 0) is 26.2 Å². The second-order valence-corrected chi connectivity index (χ2v) is 11.9. The summed E-state index contributed by atoms with van der Waals surface area (Å²) in [5.41, 5.74) is 1.97. The molecule has 0 saturated heterocycles. The van der Waals surface area contributed by atoms with E-state index in [0.29, 0.717) is 0 Å². The molecule has 0 heterocycles. The molecule has 0 aromatic heterocycles. The van der Waals surface area contributed by atoms with E-state index >= 15 is 0 Å². The molecule has 0 fully saturated rings. The molecule has 0 radical (unpaired) electrons. The van der Waals surface area contributed by atoms with Crippen molar-refractivity contribution in [1.29, 1.82) is 0 Å². The summed E-state index contributed by atoms with van der Waals surface area (Å²) in [4.78, 5) is 28.6. The number of amides is 2. The van der Waals surface area contributed by atoms with Crippen molar-refractivity contribution in [2.75, 3.05) is 18.0 Å². The Morgan fingerprint density at radius 2 is 1.65 bits per heavy atom. The highest BCUT2D eigenvalue weighted by Gasteiger charge is 2.34. The summed E-state index contributed by atoms with van der Waals surface area (Å²) < 4.78 is 34.3. The number of rotatable bonds is 12. The van der Waals surface area contributed by atoms with Gasteiger partial charge in [-0.25, -0.2) is 8.42 Å². The van der Waals surface area contributed by atoms with Gasteiger partial charge >= 0.3 is 0 Å². The van der Waals surface area contributed by atoms with Crippen LogP contribution in [0.5, 0.6) is 5.75 Å². The average Bonchev–Trinajstić information content (AvgIpc) is 2.95. The monoisotopic (exact) mass is 585 g/mol. The number of hydrogen-bond donors (Lipinski definition) is 1. The number of methoxy groups -OCH3 is 1. The number of halogens is 1. The second-order valence-electron chi connectivity index (χ2n) is 9.64. The molecular weight excluding hydrogens is 550 g/mol. The first-order valence-electron chi connectivity index (χ1n) is 13.0. The van der Waals surface area contributed by atoms with Gasteiger partial charge in [0.05, 0.1) is 17.7 Å². The molecule has 214 valence electrons. The fraction of sp³-hybridized carbons (Fsp3) is 0.333. The average molecular weight is 586 g/mol. The van der Waals surface area contributed by atoms with Crippen LogP contribution >= 0.6 is 11.6 Å². The Morgan fingerprint density at radius 3 is 2.25 bits per heavy atom. The van der Waals surface area contributed by atoms with Gasteiger partial charge in [-0.1, -0.05) is 66.6 Å². The van der Waals surface area contributed by atoms with Crippen LogP contribution < -0.4 is 14.4 Å². The van der Waals surface area contributed by atoms with Crippen molar-refractivity contribution >= 4 is 39.1 Å². The third-order valence-corrected chi connectivity index (χ3v) is 8.67. The molecule has 0 aliphatic rings. The third-order valence-electron chi connectivity index (χ3n) is 6.66. The zero-order valence-corrected chi connectivity index (χ0v) is 25.0. The minimum atomic E-state index is -4.23. The van der Waals surface area contributed by atoms with Crippen molar-refractivity contribution < 1.29 is 22.7 Å². The van der Waals surface area contributed by atoms with Crippen LogP contribution in [0.2, 0.25) is 5.02 Å². The first-order valence-corrected chi connectivity index (χ1v) is 14.9. The number of hydrogen-bond acceptors (Lipinski definition) is 5. The second kappa shape index (κ2) is 13.7. The highest BCUT2D eigenvalue weighted by molar-refractivity contribution is 7.92. The summed E-state index contributed by atoms with van der Waals surface area (Å²) in [7, 11) is -2.82. The zero-order chi connectivity index (χ0) is 29.4. The summed E-state index contributed by atoms with van der Waals surface area (Å²) in [6, 6.07) is 19.0. The quantitative estimate of drug-likeness (QED) is 0.316. The van der Waals surface area contributed by atoms with Gasteiger partial charge in [0.15, 0.2) is 0 Å². The number of ether oxygens (including phenoxy) is 1. The van der Waals surface area contributed by atoms with E-state index in [9.17, 15) is 18.0 Å². The van der Waals surface area contributed by atoms with E-state index in [-0.39, 0.29) is 39.8 Å². The molecule has 1 N–H and O–H groups in total. The molecule has 3 aromatic carbocycles. The maximum absolute atomic E-state index is 14.0. The van der Waals surface area contributed by atoms with Crippen LogP contribution in [0.4, 0.5) is 5.69 Å². The van der Waals surface area contributed by atoms with E-state index in [1.807, 2.05) is 45.0 Å². The van der Waals surface area contributed by atoms with Crippen molar-refractivity contribution in [2.45, 2.75) is 57.6 Å². The van der Waals surface area contributed by atoms with Crippen LogP contribution in [0.1, 0.15) is 38.3 Å². The van der Waals surface area contributed by atoms with Crippen molar-refractivity contribution in [1.82, 2.24) is 10.2 Å². The number of benzene rings is 3. The van der Waals surface area contributed by atoms with Crippen LogP contribution in [0.25, 0.3) is 0 Å². The highest BCUT2D eigenvalue weighted by atomic mass is 35.5. The predicted octanol–water partition coefficient (Wildman–Crippen LogP) is 5.18. The number of nitrogens with one attached hydrogen (secondary N) is 1. The molecule has 10 heteroatoms. The molecule has 2 atom stereocenters. The lowest BCUT2D eigenvalue weighted by Gasteiger charge is -2.33. The molecule has 0 spiro atoms. The van der Waals surface area contributed by atoms with Gasteiger partial charge in [-0.05, 0) is 63.1 Å². The summed E-state index contributed by atoms with van der Waals surface area (Å²) >= 11 is 6.26. The highest BCUT2D eigenvalue weighted by Crippen LogP contribution is 2.35. The molecule has 0 aliphatic heterocycles. The van der Waals surface area contributed by atoms with Gasteiger partial charge in [-0.15, -0.1) is 0 Å². The summed E-state index contributed by atoms with van der Waals surface area (Å²) in [6.07, 6.45) is 0.724. The van der Waals surface area contributed by atoms with E-state index in [0.717, 1.165) is 21.9 Å². The lowest BCUT2D eigenvalue weighted by atomic mass is 10.1. The minimum absolute atomic E-state index is 0.00234. The fourth-order valence-electron chi connectivity index (χ4n) is 4.03. The predicted molar refractivity (Wildman–Crippen MR) is 158 cm³/mol. The van der Waals surface area contributed by atoms with Crippen molar-refractivity contribution in [2.24, 2.45) is 0 Å². The lowest BCUT2D eigenvalue weighted by molar-refractivity contribution is -0.139. The summed E-state index contributed by atoms with van der Waals surface area (Å²) in [5, 5.41) is 3.20. The maximum Gasteiger partial charge on any atom is 0.264 e. The van der Waals surface area contributed by atoms with E-state index in [1.54, 1.807) is 37.3 Å². The van der Waals surface area contributed by atoms with Crippen molar-refractivity contribution in [3.8, 4) is 5.75 Å². The number of nitrogens with zero attached hydrogens (tertiary/aromatic N) is 2.